The number of hydrogen-bond acceptors (Lipinski definition) is 8. The van der Waals surface area contributed by atoms with Crippen molar-refractivity contribution in [3.63, 3.8) is 0 Å². The van der Waals surface area contributed by atoms with Crippen molar-refractivity contribution in [2.24, 2.45) is 4.99 Å². The van der Waals surface area contributed by atoms with Crippen LogP contribution in [0.2, 0.25) is 0 Å². The summed E-state index contributed by atoms with van der Waals surface area (Å²) in [5.74, 6) is 0. The average Bonchev–Trinajstić information content (AvgIpc) is 3.36. The lowest BCUT2D eigenvalue weighted by Gasteiger charge is -2.48. The van der Waals surface area contributed by atoms with Crippen molar-refractivity contribution in [3.05, 3.63) is 36.2 Å². The Kier molecular flexibility index (Phi) is 5.89. The molecular weight excluding hydrogens is 420 g/mol. The molecule has 0 atom stereocenters. The van der Waals surface area contributed by atoms with Gasteiger partial charge in [-0.1, -0.05) is 11.3 Å². The number of anilines is 1. The van der Waals surface area contributed by atoms with E-state index in [1.165, 1.54) is 0 Å². The van der Waals surface area contributed by atoms with Gasteiger partial charge in [0.2, 0.25) is 0 Å². The minimum absolute atomic E-state index is 0.0891. The number of nitrogens with zero attached hydrogens (tertiary/aromatic N) is 6. The fourth-order valence-electron chi connectivity index (χ4n) is 4.59. The van der Waals surface area contributed by atoms with Crippen LogP contribution in [0.3, 0.4) is 0 Å². The second kappa shape index (κ2) is 8.37. The first-order valence-corrected chi connectivity index (χ1v) is 11.7. The topological polar surface area (TPSA) is 95.0 Å². The maximum atomic E-state index is 4.85. The summed E-state index contributed by atoms with van der Waals surface area (Å²) in [7, 11) is 2.15. The van der Waals surface area contributed by atoms with E-state index in [1.807, 2.05) is 13.8 Å². The Labute approximate surface area is 193 Å². The molecule has 1 saturated heterocycles. The van der Waals surface area contributed by atoms with Crippen LogP contribution in [0.4, 0.5) is 10.1 Å². The number of H-pyrrole nitrogens is 1. The first kappa shape index (κ1) is 22.5. The minimum Gasteiger partial charge on any atom is -0.348 e. The number of piperidine rings is 1. The summed E-state index contributed by atoms with van der Waals surface area (Å²) in [6.45, 7) is 13.1. The highest BCUT2D eigenvalue weighted by Crippen LogP contribution is 2.38. The van der Waals surface area contributed by atoms with Gasteiger partial charge in [-0.05, 0) is 54.4 Å². The van der Waals surface area contributed by atoms with Crippen LogP contribution in [0, 0.1) is 6.92 Å². The zero-order valence-corrected chi connectivity index (χ0v) is 20.7. The number of hydrogen-bond donors (Lipinski definition) is 2. The molecule has 0 aliphatic carbocycles. The predicted molar refractivity (Wildman–Crippen MR) is 131 cm³/mol. The standard InChI is InChI=1S/C23H32N8S/c1-14(18-12-25-19(13-24-18)16-10-26-27-11-16)28-20-15(2)29-21(32-20)31(7)17-8-22(3,4)30-23(5,6)9-17/h10-13,17,30H,8-9H2,1-7H3,(H,26,27)/b28-14+. The molecule has 170 valence electrons. The Morgan fingerprint density at radius 3 is 2.44 bits per heavy atom. The molecule has 0 spiro atoms. The van der Waals surface area contributed by atoms with Gasteiger partial charge in [0.25, 0.3) is 0 Å². The number of aromatic amines is 1. The van der Waals surface area contributed by atoms with Crippen molar-refractivity contribution in [1.82, 2.24) is 30.5 Å². The molecule has 8 nitrogen and oxygen atoms in total. The SMILES string of the molecule is C/C(=N\c1sc(N(C)C2CC(C)(C)NC(C)(C)C2)nc1C)c1cnc(-c2cn[nH]c2)cn1. The third kappa shape index (κ3) is 4.88. The van der Waals surface area contributed by atoms with Crippen molar-refractivity contribution >= 4 is 27.2 Å². The van der Waals surface area contributed by atoms with Gasteiger partial charge in [0, 0.05) is 35.9 Å². The number of aliphatic imine (C=N–C) groups is 1. The zero-order chi connectivity index (χ0) is 23.1. The fourth-order valence-corrected chi connectivity index (χ4v) is 5.62. The number of nitrogens with one attached hydrogen (secondary N) is 2. The summed E-state index contributed by atoms with van der Waals surface area (Å²) in [6, 6.07) is 0.422. The number of aryl methyl sites for hydroxylation is 1. The van der Waals surface area contributed by atoms with Gasteiger partial charge in [-0.25, -0.2) is 9.98 Å². The summed E-state index contributed by atoms with van der Waals surface area (Å²) in [5, 5.41) is 12.4. The predicted octanol–water partition coefficient (Wildman–Crippen LogP) is 4.52. The maximum Gasteiger partial charge on any atom is 0.187 e. The Bertz CT molecular complexity index is 1080. The van der Waals surface area contributed by atoms with E-state index in [0.29, 0.717) is 6.04 Å². The van der Waals surface area contributed by atoms with Crippen LogP contribution in [0.1, 0.15) is 58.8 Å². The molecule has 1 fully saturated rings. The Morgan fingerprint density at radius 2 is 1.84 bits per heavy atom. The third-order valence-electron chi connectivity index (χ3n) is 5.86. The Hall–Kier alpha value is -2.65. The van der Waals surface area contributed by atoms with Crippen LogP contribution >= 0.6 is 11.3 Å². The van der Waals surface area contributed by atoms with Gasteiger partial charge in [0.15, 0.2) is 5.13 Å². The molecule has 1 aliphatic heterocycles. The average molecular weight is 453 g/mol. The van der Waals surface area contributed by atoms with Crippen LogP contribution in [0.15, 0.2) is 29.8 Å². The Balaban J connectivity index is 1.53. The lowest BCUT2D eigenvalue weighted by Crippen LogP contribution is -2.61. The number of thiazole rings is 1. The molecule has 32 heavy (non-hydrogen) atoms. The lowest BCUT2D eigenvalue weighted by atomic mass is 9.79. The fraction of sp³-hybridized carbons (Fsp3) is 0.522. The second-order valence-electron chi connectivity index (χ2n) is 9.92. The summed E-state index contributed by atoms with van der Waals surface area (Å²) >= 11 is 1.63. The summed E-state index contributed by atoms with van der Waals surface area (Å²) in [4.78, 5) is 21.1. The quantitative estimate of drug-likeness (QED) is 0.553. The van der Waals surface area contributed by atoms with Crippen LogP contribution in [-0.2, 0) is 0 Å². The molecule has 2 N–H and O–H groups in total. The Morgan fingerprint density at radius 1 is 1.12 bits per heavy atom. The van der Waals surface area contributed by atoms with E-state index >= 15 is 0 Å². The number of aromatic nitrogens is 5. The second-order valence-corrected chi connectivity index (χ2v) is 10.9. The molecule has 4 heterocycles. The molecule has 0 unspecified atom stereocenters. The minimum atomic E-state index is 0.0891. The van der Waals surface area contributed by atoms with Crippen molar-refractivity contribution in [3.8, 4) is 11.3 Å². The molecular formula is C23H32N8S. The van der Waals surface area contributed by atoms with E-state index in [0.717, 1.165) is 51.3 Å². The summed E-state index contributed by atoms with van der Waals surface area (Å²) < 4.78 is 0. The zero-order valence-electron chi connectivity index (χ0n) is 19.9. The highest BCUT2D eigenvalue weighted by atomic mass is 32.1. The molecule has 0 saturated carbocycles. The summed E-state index contributed by atoms with van der Waals surface area (Å²) in [6.07, 6.45) is 9.17. The van der Waals surface area contributed by atoms with Crippen molar-refractivity contribution in [1.29, 1.82) is 0 Å². The van der Waals surface area contributed by atoms with E-state index in [-0.39, 0.29) is 11.1 Å². The molecule has 0 aromatic carbocycles. The highest BCUT2D eigenvalue weighted by Gasteiger charge is 2.39. The first-order valence-electron chi connectivity index (χ1n) is 10.9. The van der Waals surface area contributed by atoms with E-state index in [9.17, 15) is 0 Å². The molecule has 0 radical (unpaired) electrons. The highest BCUT2D eigenvalue weighted by molar-refractivity contribution is 7.19. The van der Waals surface area contributed by atoms with Gasteiger partial charge in [-0.2, -0.15) is 5.10 Å². The molecule has 3 aromatic heterocycles. The summed E-state index contributed by atoms with van der Waals surface area (Å²) in [5.41, 5.74) is 4.38. The molecule has 3 aromatic rings. The normalized spacial score (nSPS) is 18.7. The monoisotopic (exact) mass is 452 g/mol. The van der Waals surface area contributed by atoms with Crippen LogP contribution in [0.5, 0.6) is 0 Å². The maximum absolute atomic E-state index is 4.85. The smallest absolute Gasteiger partial charge is 0.187 e. The van der Waals surface area contributed by atoms with Gasteiger partial charge in [-0.3, -0.25) is 15.1 Å². The van der Waals surface area contributed by atoms with Gasteiger partial charge < -0.3 is 10.2 Å². The molecule has 0 bridgehead atoms. The van der Waals surface area contributed by atoms with Crippen molar-refractivity contribution in [2.45, 2.75) is 71.5 Å². The van der Waals surface area contributed by atoms with Crippen LogP contribution in [0.25, 0.3) is 11.3 Å². The molecule has 0 amide bonds. The van der Waals surface area contributed by atoms with Crippen LogP contribution < -0.4 is 10.2 Å². The van der Waals surface area contributed by atoms with E-state index < -0.39 is 0 Å². The molecule has 4 rings (SSSR count). The van der Waals surface area contributed by atoms with E-state index in [4.69, 9.17) is 9.98 Å². The lowest BCUT2D eigenvalue weighted by molar-refractivity contribution is 0.161. The van der Waals surface area contributed by atoms with Gasteiger partial charge in [-0.15, -0.1) is 0 Å². The van der Waals surface area contributed by atoms with Gasteiger partial charge in [0.05, 0.1) is 35.7 Å². The van der Waals surface area contributed by atoms with Crippen molar-refractivity contribution < 1.29 is 0 Å². The third-order valence-corrected chi connectivity index (χ3v) is 7.01. The van der Waals surface area contributed by atoms with Crippen LogP contribution in [-0.4, -0.2) is 55.0 Å². The van der Waals surface area contributed by atoms with E-state index in [1.54, 1.807) is 36.1 Å². The van der Waals surface area contributed by atoms with E-state index in [2.05, 4.69) is 65.1 Å². The largest absolute Gasteiger partial charge is 0.348 e. The number of rotatable bonds is 5. The van der Waals surface area contributed by atoms with Gasteiger partial charge >= 0.3 is 0 Å². The molecule has 9 heteroatoms. The van der Waals surface area contributed by atoms with Gasteiger partial charge in [0.1, 0.15) is 10.7 Å². The first-order chi connectivity index (χ1) is 15.0. The van der Waals surface area contributed by atoms with Crippen molar-refractivity contribution in [2.75, 3.05) is 11.9 Å². The molecule has 1 aliphatic rings.